The number of hydrogen-bond acceptors (Lipinski definition) is 5. The number of aliphatic hydroxyl groups is 1. The van der Waals surface area contributed by atoms with Gasteiger partial charge in [0.2, 0.25) is 5.88 Å². The van der Waals surface area contributed by atoms with Gasteiger partial charge in [0.25, 0.3) is 5.69 Å². The van der Waals surface area contributed by atoms with Gasteiger partial charge in [-0.25, -0.2) is 4.98 Å². The van der Waals surface area contributed by atoms with E-state index in [1.807, 2.05) is 0 Å². The van der Waals surface area contributed by atoms with E-state index in [4.69, 9.17) is 4.74 Å². The molecular formula is C13H12N2O4. The first-order valence-corrected chi connectivity index (χ1v) is 5.62. The average molecular weight is 260 g/mol. The monoisotopic (exact) mass is 260 g/mol. The molecule has 1 aromatic carbocycles. The summed E-state index contributed by atoms with van der Waals surface area (Å²) < 4.78 is 5.43. The Morgan fingerprint density at radius 2 is 1.95 bits per heavy atom. The van der Waals surface area contributed by atoms with Gasteiger partial charge in [0.1, 0.15) is 5.75 Å². The number of non-ortho nitro benzene ring substituents is 1. The number of aliphatic hydroxyl groups excluding tert-OH is 1. The minimum atomic E-state index is -0.582. The van der Waals surface area contributed by atoms with Gasteiger partial charge in [-0.15, -0.1) is 0 Å². The van der Waals surface area contributed by atoms with Crippen LogP contribution in [-0.4, -0.2) is 15.0 Å². The van der Waals surface area contributed by atoms with Crippen LogP contribution in [0.15, 0.2) is 42.6 Å². The van der Waals surface area contributed by atoms with Gasteiger partial charge in [0.05, 0.1) is 11.0 Å². The Morgan fingerprint density at radius 1 is 1.26 bits per heavy atom. The molecule has 6 heteroatoms. The maximum Gasteiger partial charge on any atom is 0.269 e. The first kappa shape index (κ1) is 13.0. The number of nitrogens with zero attached hydrogens (tertiary/aromatic N) is 2. The van der Waals surface area contributed by atoms with Crippen LogP contribution in [0.5, 0.6) is 11.6 Å². The van der Waals surface area contributed by atoms with Crippen LogP contribution in [0, 0.1) is 10.1 Å². The van der Waals surface area contributed by atoms with E-state index >= 15 is 0 Å². The zero-order valence-corrected chi connectivity index (χ0v) is 10.2. The highest BCUT2D eigenvalue weighted by molar-refractivity contribution is 5.37. The molecule has 98 valence electrons. The molecule has 0 saturated carbocycles. The van der Waals surface area contributed by atoms with Crippen LogP contribution in [0.3, 0.4) is 0 Å². The van der Waals surface area contributed by atoms with Crippen LogP contribution in [0.4, 0.5) is 5.69 Å². The molecule has 0 radical (unpaired) electrons. The van der Waals surface area contributed by atoms with Crippen molar-refractivity contribution < 1.29 is 14.8 Å². The molecule has 0 bridgehead atoms. The number of aromatic nitrogens is 1. The van der Waals surface area contributed by atoms with Crippen LogP contribution in [0.2, 0.25) is 0 Å². The molecule has 2 aromatic rings. The molecule has 0 aliphatic carbocycles. The molecule has 2 rings (SSSR count). The van der Waals surface area contributed by atoms with Gasteiger partial charge in [0.15, 0.2) is 0 Å². The number of rotatable bonds is 4. The van der Waals surface area contributed by atoms with Crippen molar-refractivity contribution in [3.8, 4) is 11.6 Å². The highest BCUT2D eigenvalue weighted by atomic mass is 16.6. The molecule has 0 amide bonds. The summed E-state index contributed by atoms with van der Waals surface area (Å²) in [7, 11) is 0. The van der Waals surface area contributed by atoms with Crippen LogP contribution < -0.4 is 4.74 Å². The maximum atomic E-state index is 10.5. The summed E-state index contributed by atoms with van der Waals surface area (Å²) in [6.45, 7) is 1.65. The summed E-state index contributed by atoms with van der Waals surface area (Å²) in [5, 5.41) is 19.8. The molecular weight excluding hydrogens is 248 g/mol. The van der Waals surface area contributed by atoms with Crippen molar-refractivity contribution in [1.29, 1.82) is 0 Å². The largest absolute Gasteiger partial charge is 0.439 e. The van der Waals surface area contributed by atoms with Gasteiger partial charge in [-0.3, -0.25) is 10.1 Å². The molecule has 1 aromatic heterocycles. The topological polar surface area (TPSA) is 85.5 Å². The predicted octanol–water partition coefficient (Wildman–Crippen LogP) is 2.84. The van der Waals surface area contributed by atoms with Crippen molar-refractivity contribution in [3.63, 3.8) is 0 Å². The summed E-state index contributed by atoms with van der Waals surface area (Å²) in [5.74, 6) is 0.821. The first-order valence-electron chi connectivity index (χ1n) is 5.62. The van der Waals surface area contributed by atoms with E-state index in [0.717, 1.165) is 0 Å². The second-order valence-corrected chi connectivity index (χ2v) is 3.96. The Balaban J connectivity index is 2.10. The summed E-state index contributed by atoms with van der Waals surface area (Å²) >= 11 is 0. The van der Waals surface area contributed by atoms with Crippen molar-refractivity contribution in [1.82, 2.24) is 4.98 Å². The second-order valence-electron chi connectivity index (χ2n) is 3.96. The fourth-order valence-electron chi connectivity index (χ4n) is 1.46. The van der Waals surface area contributed by atoms with Gasteiger partial charge in [-0.05, 0) is 30.7 Å². The molecule has 1 atom stereocenters. The predicted molar refractivity (Wildman–Crippen MR) is 68.0 cm³/mol. The van der Waals surface area contributed by atoms with Gasteiger partial charge in [-0.2, -0.15) is 0 Å². The number of nitro benzene ring substituents is 1. The van der Waals surface area contributed by atoms with Gasteiger partial charge in [0, 0.05) is 24.4 Å². The molecule has 0 aliphatic rings. The van der Waals surface area contributed by atoms with Crippen molar-refractivity contribution in [2.45, 2.75) is 13.0 Å². The molecule has 19 heavy (non-hydrogen) atoms. The molecule has 6 nitrogen and oxygen atoms in total. The third-order valence-corrected chi connectivity index (χ3v) is 2.51. The summed E-state index contributed by atoms with van der Waals surface area (Å²) in [6.07, 6.45) is 0.937. The average Bonchev–Trinajstić information content (AvgIpc) is 2.40. The fraction of sp³-hybridized carbons (Fsp3) is 0.154. The fourth-order valence-corrected chi connectivity index (χ4v) is 1.46. The smallest absolute Gasteiger partial charge is 0.269 e. The standard InChI is InChI=1S/C13H12N2O4/c1-9(16)10-2-7-13(14-8-10)19-12-5-3-11(4-6-12)15(17)18/h2-9,16H,1H3/t9-/m0/s1. The summed E-state index contributed by atoms with van der Waals surface area (Å²) in [6, 6.07) is 9.06. The lowest BCUT2D eigenvalue weighted by Crippen LogP contribution is -1.94. The molecule has 0 saturated heterocycles. The van der Waals surface area contributed by atoms with Crippen LogP contribution in [0.25, 0.3) is 0 Å². The Labute approximate surface area is 109 Å². The molecule has 0 spiro atoms. The van der Waals surface area contributed by atoms with Gasteiger partial charge < -0.3 is 9.84 Å². The Bertz CT molecular complexity index is 564. The van der Waals surface area contributed by atoms with Gasteiger partial charge in [-0.1, -0.05) is 0 Å². The van der Waals surface area contributed by atoms with E-state index in [0.29, 0.717) is 17.2 Å². The van der Waals surface area contributed by atoms with E-state index < -0.39 is 11.0 Å². The lowest BCUT2D eigenvalue weighted by Gasteiger charge is -2.06. The Morgan fingerprint density at radius 3 is 2.42 bits per heavy atom. The third-order valence-electron chi connectivity index (χ3n) is 2.51. The van der Waals surface area contributed by atoms with E-state index in [1.165, 1.54) is 30.5 Å². The van der Waals surface area contributed by atoms with E-state index in [-0.39, 0.29) is 5.69 Å². The van der Waals surface area contributed by atoms with Crippen LogP contribution in [0.1, 0.15) is 18.6 Å². The number of pyridine rings is 1. The van der Waals surface area contributed by atoms with Crippen LogP contribution >= 0.6 is 0 Å². The SMILES string of the molecule is C[C@H](O)c1ccc(Oc2ccc([N+](=O)[O-])cc2)nc1. The Hall–Kier alpha value is -2.47. The Kier molecular flexibility index (Phi) is 3.72. The number of ether oxygens (including phenoxy) is 1. The van der Waals surface area contributed by atoms with E-state index in [2.05, 4.69) is 4.98 Å². The zero-order valence-electron chi connectivity index (χ0n) is 10.2. The van der Waals surface area contributed by atoms with E-state index in [9.17, 15) is 15.2 Å². The highest BCUT2D eigenvalue weighted by Crippen LogP contribution is 2.23. The molecule has 0 unspecified atom stereocenters. The molecule has 1 N–H and O–H groups in total. The zero-order chi connectivity index (χ0) is 13.8. The minimum Gasteiger partial charge on any atom is -0.439 e. The van der Waals surface area contributed by atoms with E-state index in [1.54, 1.807) is 19.1 Å². The number of benzene rings is 1. The molecule has 0 aliphatic heterocycles. The first-order chi connectivity index (χ1) is 9.06. The summed E-state index contributed by atoms with van der Waals surface area (Å²) in [4.78, 5) is 14.1. The van der Waals surface area contributed by atoms with Crippen LogP contribution in [-0.2, 0) is 0 Å². The molecule has 0 fully saturated rings. The minimum absolute atomic E-state index is 0.00441. The molecule has 1 heterocycles. The van der Waals surface area contributed by atoms with Crippen molar-refractivity contribution in [3.05, 3.63) is 58.3 Å². The normalized spacial score (nSPS) is 11.9. The lowest BCUT2D eigenvalue weighted by atomic mass is 10.2. The summed E-state index contributed by atoms with van der Waals surface area (Å²) in [5.41, 5.74) is 0.695. The lowest BCUT2D eigenvalue weighted by molar-refractivity contribution is -0.384. The quantitative estimate of drug-likeness (QED) is 0.674. The van der Waals surface area contributed by atoms with Gasteiger partial charge >= 0.3 is 0 Å². The van der Waals surface area contributed by atoms with Crippen molar-refractivity contribution >= 4 is 5.69 Å². The van der Waals surface area contributed by atoms with Crippen molar-refractivity contribution in [2.24, 2.45) is 0 Å². The third kappa shape index (κ3) is 3.26. The second kappa shape index (κ2) is 5.45. The maximum absolute atomic E-state index is 10.5. The highest BCUT2D eigenvalue weighted by Gasteiger charge is 2.06. The number of nitro groups is 1. The number of hydrogen-bond donors (Lipinski definition) is 1. The van der Waals surface area contributed by atoms with Crippen molar-refractivity contribution in [2.75, 3.05) is 0 Å².